The lowest BCUT2D eigenvalue weighted by Gasteiger charge is -2.15. The summed E-state index contributed by atoms with van der Waals surface area (Å²) in [7, 11) is 0. The minimum absolute atomic E-state index is 0. The molecule has 0 N–H and O–H groups in total. The van der Waals surface area contributed by atoms with E-state index in [2.05, 4.69) is 13.8 Å². The van der Waals surface area contributed by atoms with Crippen molar-refractivity contribution in [2.45, 2.75) is 85.5 Å². The molecule has 0 radical (unpaired) electrons. The van der Waals surface area contributed by atoms with Crippen molar-refractivity contribution in [3.63, 3.8) is 0 Å². The van der Waals surface area contributed by atoms with E-state index >= 15 is 0 Å². The lowest BCUT2D eigenvalue weighted by atomic mass is 9.91. The van der Waals surface area contributed by atoms with Gasteiger partial charge in [-0.3, -0.25) is 9.41 Å². The summed E-state index contributed by atoms with van der Waals surface area (Å²) in [6, 6.07) is 0. The molecule has 17 heavy (non-hydrogen) atoms. The molecular weight excluding hydrogens is 218 g/mol. The van der Waals surface area contributed by atoms with Crippen LogP contribution in [0.15, 0.2) is 0 Å². The van der Waals surface area contributed by atoms with E-state index < -0.39 is 0 Å². The van der Waals surface area contributed by atoms with Gasteiger partial charge in [0.1, 0.15) is 0 Å². The van der Waals surface area contributed by atoms with Crippen molar-refractivity contribution in [2.75, 3.05) is 0 Å². The zero-order valence-corrected chi connectivity index (χ0v) is 11.0. The predicted octanol–water partition coefficient (Wildman–Crippen LogP) is 6.11. The van der Waals surface area contributed by atoms with Crippen molar-refractivity contribution in [1.82, 2.24) is 0 Å². The Labute approximate surface area is 107 Å². The molecule has 0 spiro atoms. The van der Waals surface area contributed by atoms with Crippen LogP contribution < -0.4 is 0 Å². The summed E-state index contributed by atoms with van der Waals surface area (Å²) >= 11 is 0. The van der Waals surface area contributed by atoms with Gasteiger partial charge in [0.15, 0.2) is 0 Å². The Balaban J connectivity index is -0.000000196. The molecule has 0 bridgehead atoms. The van der Waals surface area contributed by atoms with E-state index in [9.17, 15) is 0 Å². The van der Waals surface area contributed by atoms with Crippen molar-refractivity contribution in [3.8, 4) is 0 Å². The van der Waals surface area contributed by atoms with Gasteiger partial charge >= 0.3 is 0 Å². The fourth-order valence-electron chi connectivity index (χ4n) is 2.61. The molecule has 0 saturated heterocycles. The highest BCUT2D eigenvalue weighted by Crippen LogP contribution is 2.22. The van der Waals surface area contributed by atoms with Gasteiger partial charge in [0.2, 0.25) is 0 Å². The Bertz CT molecular complexity index is 109. The van der Waals surface area contributed by atoms with Crippen molar-refractivity contribution in [1.29, 1.82) is 0 Å². The van der Waals surface area contributed by atoms with Crippen molar-refractivity contribution < 1.29 is 9.41 Å². The minimum Gasteiger partial charge on any atom is -0.269 e. The summed E-state index contributed by atoms with van der Waals surface area (Å²) in [5.74, 6) is 2.07. The van der Waals surface area contributed by atoms with Gasteiger partial charge in [-0.25, -0.2) is 0 Å². The van der Waals surface area contributed by atoms with E-state index in [0.29, 0.717) is 0 Å². The molecule has 2 rings (SSSR count). The molecule has 0 atom stereocenters. The topological polar surface area (TPSA) is 0 Å². The number of hydrogen-bond donors (Lipinski definition) is 0. The molecule has 2 aliphatic rings. The summed E-state index contributed by atoms with van der Waals surface area (Å²) in [5.41, 5.74) is 0. The second kappa shape index (κ2) is 13.9. The van der Waals surface area contributed by atoms with Gasteiger partial charge in [0.05, 0.1) is 0 Å². The minimum atomic E-state index is 0. The summed E-state index contributed by atoms with van der Waals surface area (Å²) in [6.45, 7) is 4.72. The van der Waals surface area contributed by atoms with E-state index in [-0.39, 0.29) is 16.8 Å². The Morgan fingerprint density at radius 2 is 0.765 bits per heavy atom. The third-order valence-electron chi connectivity index (χ3n) is 3.79. The molecule has 0 aliphatic heterocycles. The van der Waals surface area contributed by atoms with Crippen molar-refractivity contribution in [3.05, 3.63) is 0 Å². The first-order chi connectivity index (χ1) is 6.79. The predicted molar refractivity (Wildman–Crippen MR) is 76.2 cm³/mol. The van der Waals surface area contributed by atoms with Gasteiger partial charge in [-0.05, 0) is 11.8 Å². The highest BCUT2D eigenvalue weighted by atomic mass is 19.0. The van der Waals surface area contributed by atoms with Crippen LogP contribution in [0.1, 0.15) is 85.5 Å². The Kier molecular flexibility index (Phi) is 18.1. The van der Waals surface area contributed by atoms with E-state index in [0.717, 1.165) is 11.8 Å². The van der Waals surface area contributed by atoms with Crippen molar-refractivity contribution >= 4 is 0 Å². The van der Waals surface area contributed by atoms with E-state index in [4.69, 9.17) is 0 Å². The first-order valence-corrected chi connectivity index (χ1v) is 6.79. The Hall–Kier alpha value is -0.140. The molecule has 2 aliphatic carbocycles. The number of hydrogen-bond acceptors (Lipinski definition) is 0. The Morgan fingerprint density at radius 3 is 0.882 bits per heavy atom. The molecule has 2 heteroatoms. The maximum absolute atomic E-state index is 2.36. The third-order valence-corrected chi connectivity index (χ3v) is 3.79. The highest BCUT2D eigenvalue weighted by molar-refractivity contribution is 4.60. The van der Waals surface area contributed by atoms with Gasteiger partial charge in [-0.15, -0.1) is 0 Å². The standard InChI is InChI=1S/2C7H14.CH4.2FH/c2*1-7-5-3-2-4-6-7;;;/h2*7H,2-6H2,1H3;1H4;2*1H. The zero-order chi connectivity index (χ0) is 10.2. The molecule has 2 fully saturated rings. The average Bonchev–Trinajstić information content (AvgIpc) is 2.21. The third kappa shape index (κ3) is 12.1. The van der Waals surface area contributed by atoms with Crippen LogP contribution in [-0.4, -0.2) is 0 Å². The first kappa shape index (κ1) is 22.1. The summed E-state index contributed by atoms with van der Waals surface area (Å²) in [6.07, 6.45) is 14.9. The molecule has 0 amide bonds. The number of rotatable bonds is 0. The monoisotopic (exact) mass is 252 g/mol. The number of halogens is 2. The van der Waals surface area contributed by atoms with Crippen LogP contribution in [0.3, 0.4) is 0 Å². The molecule has 0 aromatic rings. The van der Waals surface area contributed by atoms with Crippen LogP contribution in [0.2, 0.25) is 0 Å². The Morgan fingerprint density at radius 1 is 0.529 bits per heavy atom. The maximum Gasteiger partial charge on any atom is -0.0443 e. The lowest BCUT2D eigenvalue weighted by Crippen LogP contribution is -1.99. The van der Waals surface area contributed by atoms with Crippen molar-refractivity contribution in [2.24, 2.45) is 11.8 Å². The van der Waals surface area contributed by atoms with E-state index in [1.54, 1.807) is 0 Å². The molecular formula is C15H34F2. The quantitative estimate of drug-likeness (QED) is 0.487. The van der Waals surface area contributed by atoms with Crippen LogP contribution in [0.25, 0.3) is 0 Å². The van der Waals surface area contributed by atoms with Gasteiger partial charge in [-0.2, -0.15) is 0 Å². The van der Waals surface area contributed by atoms with Gasteiger partial charge in [-0.1, -0.05) is 85.5 Å². The van der Waals surface area contributed by atoms with Crippen LogP contribution in [0.4, 0.5) is 9.41 Å². The van der Waals surface area contributed by atoms with Crippen LogP contribution in [0, 0.1) is 11.8 Å². The fourth-order valence-corrected chi connectivity index (χ4v) is 2.61. The normalized spacial score (nSPS) is 20.8. The van der Waals surface area contributed by atoms with Crippen LogP contribution >= 0.6 is 0 Å². The second-order valence-corrected chi connectivity index (χ2v) is 5.49. The maximum atomic E-state index is 2.36. The van der Waals surface area contributed by atoms with Gasteiger partial charge < -0.3 is 0 Å². The highest BCUT2D eigenvalue weighted by Gasteiger charge is 2.06. The summed E-state index contributed by atoms with van der Waals surface area (Å²) in [4.78, 5) is 0. The zero-order valence-electron chi connectivity index (χ0n) is 11.0. The smallest absolute Gasteiger partial charge is 0.0443 e. The van der Waals surface area contributed by atoms with E-state index in [1.807, 2.05) is 0 Å². The van der Waals surface area contributed by atoms with E-state index in [1.165, 1.54) is 64.2 Å². The molecule has 108 valence electrons. The molecule has 0 nitrogen and oxygen atoms in total. The SMILES string of the molecule is C.CC1CCCCC1.CC1CCCCC1.F.F. The largest absolute Gasteiger partial charge is 0.269 e. The van der Waals surface area contributed by atoms with Crippen LogP contribution in [-0.2, 0) is 0 Å². The average molecular weight is 252 g/mol. The fraction of sp³-hybridized carbons (Fsp3) is 1.00. The molecule has 0 aromatic heterocycles. The van der Waals surface area contributed by atoms with Crippen LogP contribution in [0.5, 0.6) is 0 Å². The molecule has 0 aromatic carbocycles. The first-order valence-electron chi connectivity index (χ1n) is 6.79. The molecule has 0 unspecified atom stereocenters. The second-order valence-electron chi connectivity index (χ2n) is 5.49. The molecule has 0 heterocycles. The van der Waals surface area contributed by atoms with Gasteiger partial charge in [0, 0.05) is 0 Å². The lowest BCUT2D eigenvalue weighted by molar-refractivity contribution is 0.385. The summed E-state index contributed by atoms with van der Waals surface area (Å²) < 4.78 is 0. The van der Waals surface area contributed by atoms with Gasteiger partial charge in [0.25, 0.3) is 0 Å². The molecule has 2 saturated carbocycles. The summed E-state index contributed by atoms with van der Waals surface area (Å²) in [5, 5.41) is 0.